The quantitative estimate of drug-likeness (QED) is 0.600. The van der Waals surface area contributed by atoms with E-state index in [1.54, 1.807) is 19.9 Å². The number of aryl methyl sites for hydroxylation is 3. The molecule has 1 N–H and O–H groups in total. The minimum atomic E-state index is -0.311. The molecule has 26 heavy (non-hydrogen) atoms. The van der Waals surface area contributed by atoms with Crippen LogP contribution in [0.2, 0.25) is 0 Å². The van der Waals surface area contributed by atoms with Gasteiger partial charge in [0.05, 0.1) is 6.61 Å². The number of hydrogen-bond donors (Lipinski definition) is 1. The molecule has 1 heterocycles. The molecule has 0 radical (unpaired) electrons. The van der Waals surface area contributed by atoms with Gasteiger partial charge in [-0.1, -0.05) is 39.0 Å². The highest BCUT2D eigenvalue weighted by atomic mass is 16.5. The SMILES string of the molecule is CCCOc1cc(C)[n+]([O-])c(C)c1C(=O)Nc1c(CC)cccc1CC. The second-order valence-corrected chi connectivity index (χ2v) is 6.37. The molecule has 0 fully saturated rings. The number of ether oxygens (including phenoxy) is 1. The average molecular weight is 356 g/mol. The molecule has 2 rings (SSSR count). The first-order valence-corrected chi connectivity index (χ1v) is 9.23. The molecule has 1 aromatic heterocycles. The van der Waals surface area contributed by atoms with Crippen molar-refractivity contribution in [1.82, 2.24) is 0 Å². The van der Waals surface area contributed by atoms with Gasteiger partial charge in [0.15, 0.2) is 5.69 Å². The lowest BCUT2D eigenvalue weighted by Crippen LogP contribution is -2.37. The molecule has 5 nitrogen and oxygen atoms in total. The number of hydrogen-bond acceptors (Lipinski definition) is 3. The number of aromatic nitrogens is 1. The zero-order valence-electron chi connectivity index (χ0n) is 16.3. The fraction of sp³-hybridized carbons (Fsp3) is 0.429. The van der Waals surface area contributed by atoms with E-state index < -0.39 is 0 Å². The van der Waals surface area contributed by atoms with Crippen LogP contribution in [0.5, 0.6) is 5.75 Å². The minimum Gasteiger partial charge on any atom is -0.618 e. The summed E-state index contributed by atoms with van der Waals surface area (Å²) in [7, 11) is 0. The van der Waals surface area contributed by atoms with Gasteiger partial charge in [0.1, 0.15) is 11.3 Å². The van der Waals surface area contributed by atoms with Gasteiger partial charge in [-0.25, -0.2) is 0 Å². The van der Waals surface area contributed by atoms with Crippen molar-refractivity contribution in [2.45, 2.75) is 53.9 Å². The van der Waals surface area contributed by atoms with Gasteiger partial charge in [-0.2, -0.15) is 4.73 Å². The number of benzene rings is 1. The number of amides is 1. The van der Waals surface area contributed by atoms with Crippen molar-refractivity contribution < 1.29 is 14.3 Å². The third-order valence-electron chi connectivity index (χ3n) is 4.50. The topological polar surface area (TPSA) is 65.3 Å². The van der Waals surface area contributed by atoms with Gasteiger partial charge in [0.25, 0.3) is 5.91 Å². The van der Waals surface area contributed by atoms with Gasteiger partial charge < -0.3 is 15.3 Å². The Bertz CT molecular complexity index is 778. The summed E-state index contributed by atoms with van der Waals surface area (Å²) in [6.07, 6.45) is 2.46. The molecule has 0 unspecified atom stereocenters. The number of rotatable bonds is 7. The normalized spacial score (nSPS) is 10.7. The third kappa shape index (κ3) is 3.98. The predicted octanol–water partition coefficient (Wildman–Crippen LogP) is 4.10. The van der Waals surface area contributed by atoms with E-state index in [9.17, 15) is 10.0 Å². The Morgan fingerprint density at radius 1 is 1.15 bits per heavy atom. The van der Waals surface area contributed by atoms with Crippen LogP contribution in [0.4, 0.5) is 5.69 Å². The van der Waals surface area contributed by atoms with Crippen molar-refractivity contribution in [3.8, 4) is 5.75 Å². The van der Waals surface area contributed by atoms with Crippen molar-refractivity contribution in [1.29, 1.82) is 0 Å². The first-order chi connectivity index (χ1) is 12.4. The third-order valence-corrected chi connectivity index (χ3v) is 4.50. The van der Waals surface area contributed by atoms with E-state index in [0.29, 0.717) is 29.3 Å². The van der Waals surface area contributed by atoms with E-state index in [0.717, 1.165) is 40.8 Å². The molecule has 0 saturated carbocycles. The Morgan fingerprint density at radius 2 is 1.77 bits per heavy atom. The van der Waals surface area contributed by atoms with E-state index in [4.69, 9.17) is 4.74 Å². The Labute approximate surface area is 155 Å². The average Bonchev–Trinajstić information content (AvgIpc) is 2.64. The molecule has 1 amide bonds. The highest BCUT2D eigenvalue weighted by Gasteiger charge is 2.25. The van der Waals surface area contributed by atoms with Gasteiger partial charge in [-0.15, -0.1) is 0 Å². The predicted molar refractivity (Wildman–Crippen MR) is 104 cm³/mol. The van der Waals surface area contributed by atoms with Gasteiger partial charge >= 0.3 is 0 Å². The Morgan fingerprint density at radius 3 is 2.31 bits per heavy atom. The summed E-state index contributed by atoms with van der Waals surface area (Å²) in [6, 6.07) is 7.67. The van der Waals surface area contributed by atoms with Crippen LogP contribution in [0.25, 0.3) is 0 Å². The number of carbonyl (C=O) groups excluding carboxylic acids is 1. The molecule has 0 saturated heterocycles. The van der Waals surface area contributed by atoms with Crippen LogP contribution in [0.3, 0.4) is 0 Å². The fourth-order valence-electron chi connectivity index (χ4n) is 3.05. The molecule has 0 aliphatic carbocycles. The minimum absolute atomic E-state index is 0.298. The van der Waals surface area contributed by atoms with E-state index >= 15 is 0 Å². The van der Waals surface area contributed by atoms with Crippen LogP contribution >= 0.6 is 0 Å². The monoisotopic (exact) mass is 356 g/mol. The van der Waals surface area contributed by atoms with Crippen LogP contribution < -0.4 is 14.8 Å². The molecular formula is C21H28N2O3. The molecule has 0 atom stereocenters. The van der Waals surface area contributed by atoms with Gasteiger partial charge in [-0.3, -0.25) is 4.79 Å². The maximum absolute atomic E-state index is 13.1. The van der Waals surface area contributed by atoms with Crippen LogP contribution in [-0.4, -0.2) is 12.5 Å². The molecule has 0 aliphatic rings. The molecule has 5 heteroatoms. The van der Waals surface area contributed by atoms with Crippen molar-refractivity contribution in [2.24, 2.45) is 0 Å². The zero-order valence-corrected chi connectivity index (χ0v) is 16.3. The highest BCUT2D eigenvalue weighted by Crippen LogP contribution is 2.27. The molecule has 0 spiro atoms. The lowest BCUT2D eigenvalue weighted by atomic mass is 10.0. The summed E-state index contributed by atoms with van der Waals surface area (Å²) in [4.78, 5) is 13.1. The first kappa shape index (κ1) is 19.8. The molecular weight excluding hydrogens is 328 g/mol. The summed E-state index contributed by atoms with van der Waals surface area (Å²) >= 11 is 0. The van der Waals surface area contributed by atoms with Gasteiger partial charge in [0.2, 0.25) is 5.69 Å². The summed E-state index contributed by atoms with van der Waals surface area (Å²) in [5.74, 6) is 0.146. The fourth-order valence-corrected chi connectivity index (χ4v) is 3.05. The van der Waals surface area contributed by atoms with Gasteiger partial charge in [-0.05, 0) is 30.4 Å². The van der Waals surface area contributed by atoms with Crippen LogP contribution in [0.1, 0.15) is 60.1 Å². The van der Waals surface area contributed by atoms with E-state index in [2.05, 4.69) is 19.2 Å². The van der Waals surface area contributed by atoms with Crippen LogP contribution in [0.15, 0.2) is 24.3 Å². The summed E-state index contributed by atoms with van der Waals surface area (Å²) in [5.41, 5.74) is 4.14. The molecule has 1 aromatic carbocycles. The van der Waals surface area contributed by atoms with E-state index in [1.807, 2.05) is 25.1 Å². The van der Waals surface area contributed by atoms with E-state index in [1.165, 1.54) is 0 Å². The number of anilines is 1. The number of carbonyl (C=O) groups is 1. The lowest BCUT2D eigenvalue weighted by molar-refractivity contribution is -0.619. The number of pyridine rings is 1. The van der Waals surface area contributed by atoms with Crippen molar-refractivity contribution in [2.75, 3.05) is 11.9 Å². The standard InChI is InChI=1S/C21H28N2O3/c1-6-12-26-18-13-14(4)23(25)15(5)19(18)21(24)22-20-16(7-2)10-9-11-17(20)8-3/h9-11,13H,6-8,12H2,1-5H3,(H,22,24). The van der Waals surface area contributed by atoms with E-state index in [-0.39, 0.29) is 5.91 Å². The van der Waals surface area contributed by atoms with Gasteiger partial charge in [0, 0.05) is 25.6 Å². The van der Waals surface area contributed by atoms with Crippen molar-refractivity contribution in [3.05, 3.63) is 57.6 Å². The molecule has 0 aliphatic heterocycles. The first-order valence-electron chi connectivity index (χ1n) is 9.23. The largest absolute Gasteiger partial charge is 0.618 e. The summed E-state index contributed by atoms with van der Waals surface area (Å²) < 4.78 is 6.54. The van der Waals surface area contributed by atoms with Crippen LogP contribution in [-0.2, 0) is 12.8 Å². The van der Waals surface area contributed by atoms with Crippen molar-refractivity contribution >= 4 is 11.6 Å². The maximum atomic E-state index is 13.1. The Kier molecular flexibility index (Phi) is 6.61. The number of nitrogens with zero attached hydrogens (tertiary/aromatic N) is 1. The van der Waals surface area contributed by atoms with Crippen LogP contribution in [0, 0.1) is 19.1 Å². The highest BCUT2D eigenvalue weighted by molar-refractivity contribution is 6.07. The lowest BCUT2D eigenvalue weighted by Gasteiger charge is -2.17. The molecule has 0 bridgehead atoms. The molecule has 2 aromatic rings. The van der Waals surface area contributed by atoms with Crippen molar-refractivity contribution in [3.63, 3.8) is 0 Å². The maximum Gasteiger partial charge on any atom is 0.265 e. The number of nitrogens with one attached hydrogen (secondary N) is 1. The Hall–Kier alpha value is -2.56. The second-order valence-electron chi connectivity index (χ2n) is 6.37. The Balaban J connectivity index is 2.49. The smallest absolute Gasteiger partial charge is 0.265 e. The second kappa shape index (κ2) is 8.70. The molecule has 140 valence electrons. The summed E-state index contributed by atoms with van der Waals surface area (Å²) in [6.45, 7) is 9.98. The summed E-state index contributed by atoms with van der Waals surface area (Å²) in [5, 5.41) is 15.3. The zero-order chi connectivity index (χ0) is 19.3. The number of para-hydroxylation sites is 1.